The van der Waals surface area contributed by atoms with Crippen molar-refractivity contribution in [2.75, 3.05) is 0 Å². The van der Waals surface area contributed by atoms with E-state index in [4.69, 9.17) is 11.5 Å². The highest BCUT2D eigenvalue weighted by atomic mass is 19.4. The standard InChI is InChI=1S/C7H13F3N2/c8-7(9,10)4-1-2-5(11)6(12)3-4/h4-6H,1-3,11-12H2/t4-,5+,6+/m0/s1. The average molecular weight is 182 g/mol. The monoisotopic (exact) mass is 182 g/mol. The molecule has 1 aliphatic carbocycles. The molecular formula is C7H13F3N2. The van der Waals surface area contributed by atoms with Crippen LogP contribution < -0.4 is 11.5 Å². The summed E-state index contributed by atoms with van der Waals surface area (Å²) in [6.45, 7) is 0. The number of rotatable bonds is 0. The van der Waals surface area contributed by atoms with Crippen molar-refractivity contribution in [3.63, 3.8) is 0 Å². The van der Waals surface area contributed by atoms with E-state index < -0.39 is 18.1 Å². The Morgan fingerprint density at radius 3 is 2.00 bits per heavy atom. The highest BCUT2D eigenvalue weighted by Crippen LogP contribution is 2.36. The Bertz CT molecular complexity index is 157. The van der Waals surface area contributed by atoms with Crippen molar-refractivity contribution in [2.24, 2.45) is 17.4 Å². The molecule has 0 aliphatic heterocycles. The largest absolute Gasteiger partial charge is 0.391 e. The molecule has 72 valence electrons. The molecule has 3 atom stereocenters. The van der Waals surface area contributed by atoms with E-state index >= 15 is 0 Å². The molecule has 0 saturated heterocycles. The molecule has 0 bridgehead atoms. The lowest BCUT2D eigenvalue weighted by Crippen LogP contribution is -2.48. The maximum atomic E-state index is 12.1. The first-order valence-electron chi connectivity index (χ1n) is 3.99. The maximum absolute atomic E-state index is 12.1. The molecule has 0 radical (unpaired) electrons. The van der Waals surface area contributed by atoms with Gasteiger partial charge in [-0.1, -0.05) is 0 Å². The summed E-state index contributed by atoms with van der Waals surface area (Å²) in [5.74, 6) is -1.24. The van der Waals surface area contributed by atoms with Gasteiger partial charge in [0.1, 0.15) is 0 Å². The van der Waals surface area contributed by atoms with E-state index in [9.17, 15) is 13.2 Å². The Morgan fingerprint density at radius 1 is 1.00 bits per heavy atom. The maximum Gasteiger partial charge on any atom is 0.391 e. The van der Waals surface area contributed by atoms with Crippen LogP contribution in [0.1, 0.15) is 19.3 Å². The summed E-state index contributed by atoms with van der Waals surface area (Å²) in [6.07, 6.45) is -3.62. The third kappa shape index (κ3) is 2.10. The lowest BCUT2D eigenvalue weighted by atomic mass is 9.83. The molecular weight excluding hydrogens is 169 g/mol. The SMILES string of the molecule is N[C@@H]1CC[C@H](C(F)(F)F)C[C@H]1N. The van der Waals surface area contributed by atoms with Crippen LogP contribution in [0.25, 0.3) is 0 Å². The Balaban J connectivity index is 2.51. The molecule has 0 spiro atoms. The molecule has 0 aromatic heterocycles. The predicted octanol–water partition coefficient (Wildman–Crippen LogP) is 1.00. The van der Waals surface area contributed by atoms with Gasteiger partial charge in [-0.25, -0.2) is 0 Å². The Morgan fingerprint density at radius 2 is 1.58 bits per heavy atom. The second kappa shape index (κ2) is 3.22. The van der Waals surface area contributed by atoms with Crippen molar-refractivity contribution >= 4 is 0 Å². The van der Waals surface area contributed by atoms with Crippen molar-refractivity contribution < 1.29 is 13.2 Å². The normalized spacial score (nSPS) is 38.2. The van der Waals surface area contributed by atoms with Crippen LogP contribution in [0.2, 0.25) is 0 Å². The molecule has 5 heteroatoms. The van der Waals surface area contributed by atoms with Gasteiger partial charge in [0.2, 0.25) is 0 Å². The van der Waals surface area contributed by atoms with E-state index in [-0.39, 0.29) is 18.9 Å². The van der Waals surface area contributed by atoms with Gasteiger partial charge in [0.15, 0.2) is 0 Å². The summed E-state index contributed by atoms with van der Waals surface area (Å²) in [7, 11) is 0. The van der Waals surface area contributed by atoms with Gasteiger partial charge < -0.3 is 11.5 Å². The van der Waals surface area contributed by atoms with Crippen molar-refractivity contribution in [3.8, 4) is 0 Å². The van der Waals surface area contributed by atoms with Gasteiger partial charge in [-0.15, -0.1) is 0 Å². The molecule has 1 fully saturated rings. The Hall–Kier alpha value is -0.290. The first kappa shape index (κ1) is 9.80. The van der Waals surface area contributed by atoms with Gasteiger partial charge in [0.25, 0.3) is 0 Å². The van der Waals surface area contributed by atoms with E-state index in [0.29, 0.717) is 6.42 Å². The van der Waals surface area contributed by atoms with Gasteiger partial charge in [-0.2, -0.15) is 13.2 Å². The molecule has 0 amide bonds. The van der Waals surface area contributed by atoms with Crippen LogP contribution in [-0.2, 0) is 0 Å². The van der Waals surface area contributed by atoms with E-state index in [1.807, 2.05) is 0 Å². The zero-order valence-corrected chi connectivity index (χ0v) is 6.64. The summed E-state index contributed by atoms with van der Waals surface area (Å²) < 4.78 is 36.4. The van der Waals surface area contributed by atoms with Crippen molar-refractivity contribution in [2.45, 2.75) is 37.5 Å². The smallest absolute Gasteiger partial charge is 0.326 e. The van der Waals surface area contributed by atoms with Crippen molar-refractivity contribution in [1.82, 2.24) is 0 Å². The predicted molar refractivity (Wildman–Crippen MR) is 39.3 cm³/mol. The van der Waals surface area contributed by atoms with Crippen LogP contribution in [0.4, 0.5) is 13.2 Å². The summed E-state index contributed by atoms with van der Waals surface area (Å²) in [6, 6.07) is -0.756. The van der Waals surface area contributed by atoms with Gasteiger partial charge >= 0.3 is 6.18 Å². The van der Waals surface area contributed by atoms with Crippen LogP contribution in [-0.4, -0.2) is 18.3 Å². The van der Waals surface area contributed by atoms with Crippen molar-refractivity contribution in [3.05, 3.63) is 0 Å². The minimum Gasteiger partial charge on any atom is -0.326 e. The van der Waals surface area contributed by atoms with Gasteiger partial charge in [-0.05, 0) is 19.3 Å². The zero-order valence-electron chi connectivity index (χ0n) is 6.64. The quantitative estimate of drug-likeness (QED) is 0.587. The Kier molecular flexibility index (Phi) is 2.63. The number of hydrogen-bond donors (Lipinski definition) is 2. The van der Waals surface area contributed by atoms with Gasteiger partial charge in [0, 0.05) is 12.1 Å². The lowest BCUT2D eigenvalue weighted by molar-refractivity contribution is -0.183. The summed E-state index contributed by atoms with van der Waals surface area (Å²) >= 11 is 0. The third-order valence-electron chi connectivity index (χ3n) is 2.42. The summed E-state index contributed by atoms with van der Waals surface area (Å²) in [5, 5.41) is 0. The summed E-state index contributed by atoms with van der Waals surface area (Å²) in [5.41, 5.74) is 10.9. The second-order valence-electron chi connectivity index (χ2n) is 3.38. The molecule has 12 heavy (non-hydrogen) atoms. The fraction of sp³-hybridized carbons (Fsp3) is 1.00. The molecule has 2 nitrogen and oxygen atoms in total. The number of nitrogens with two attached hydrogens (primary N) is 2. The fourth-order valence-electron chi connectivity index (χ4n) is 1.53. The first-order chi connectivity index (χ1) is 5.41. The van der Waals surface area contributed by atoms with Gasteiger partial charge in [0.05, 0.1) is 5.92 Å². The summed E-state index contributed by atoms with van der Waals surface area (Å²) in [4.78, 5) is 0. The molecule has 1 aliphatic rings. The molecule has 1 rings (SSSR count). The van der Waals surface area contributed by atoms with Crippen LogP contribution >= 0.6 is 0 Å². The molecule has 0 unspecified atom stereocenters. The van der Waals surface area contributed by atoms with Crippen LogP contribution in [0.5, 0.6) is 0 Å². The van der Waals surface area contributed by atoms with E-state index in [1.165, 1.54) is 0 Å². The lowest BCUT2D eigenvalue weighted by Gasteiger charge is -2.32. The highest BCUT2D eigenvalue weighted by Gasteiger charge is 2.43. The van der Waals surface area contributed by atoms with E-state index in [0.717, 1.165) is 0 Å². The number of alkyl halides is 3. The Labute approximate surface area is 69.1 Å². The molecule has 4 N–H and O–H groups in total. The third-order valence-corrected chi connectivity index (χ3v) is 2.42. The minimum absolute atomic E-state index is 0.0231. The van der Waals surface area contributed by atoms with E-state index in [1.54, 1.807) is 0 Å². The van der Waals surface area contributed by atoms with Gasteiger partial charge in [-0.3, -0.25) is 0 Å². The minimum atomic E-state index is -4.10. The average Bonchev–Trinajstić information content (AvgIpc) is 1.92. The first-order valence-corrected chi connectivity index (χ1v) is 3.99. The number of halogens is 3. The second-order valence-corrected chi connectivity index (χ2v) is 3.38. The highest BCUT2D eigenvalue weighted by molar-refractivity contribution is 4.87. The molecule has 0 aromatic rings. The van der Waals surface area contributed by atoms with Crippen molar-refractivity contribution in [1.29, 1.82) is 0 Å². The van der Waals surface area contributed by atoms with Crippen LogP contribution in [0.15, 0.2) is 0 Å². The van der Waals surface area contributed by atoms with Crippen LogP contribution in [0.3, 0.4) is 0 Å². The zero-order chi connectivity index (χ0) is 9.35. The fourth-order valence-corrected chi connectivity index (χ4v) is 1.53. The van der Waals surface area contributed by atoms with E-state index in [2.05, 4.69) is 0 Å². The topological polar surface area (TPSA) is 52.0 Å². The molecule has 0 aromatic carbocycles. The van der Waals surface area contributed by atoms with Crippen LogP contribution in [0, 0.1) is 5.92 Å². The molecule has 1 saturated carbocycles. The number of hydrogen-bond acceptors (Lipinski definition) is 2. The molecule has 0 heterocycles.